The lowest BCUT2D eigenvalue weighted by Crippen LogP contribution is -1.98. The molecule has 0 aliphatic carbocycles. The summed E-state index contributed by atoms with van der Waals surface area (Å²) in [4.78, 5) is 8.74. The second kappa shape index (κ2) is 5.42. The van der Waals surface area contributed by atoms with E-state index in [1.807, 2.05) is 30.3 Å². The Morgan fingerprint density at radius 3 is 2.38 bits per heavy atom. The molecule has 3 rings (SSSR count). The summed E-state index contributed by atoms with van der Waals surface area (Å²) < 4.78 is 0. The van der Waals surface area contributed by atoms with E-state index in [0.29, 0.717) is 17.2 Å². The highest BCUT2D eigenvalue weighted by atomic mass is 35.5. The maximum atomic E-state index is 9.48. The minimum absolute atomic E-state index is 0.0209. The van der Waals surface area contributed by atoms with Crippen LogP contribution in [0.1, 0.15) is 0 Å². The molecule has 0 atom stereocenters. The van der Waals surface area contributed by atoms with Crippen LogP contribution in [0.15, 0.2) is 54.6 Å². The van der Waals surface area contributed by atoms with Gasteiger partial charge in [0.1, 0.15) is 11.6 Å². The van der Waals surface area contributed by atoms with Crippen LogP contribution in [0.3, 0.4) is 0 Å². The Morgan fingerprint density at radius 2 is 1.67 bits per heavy atom. The minimum Gasteiger partial charge on any atom is -0.506 e. The standard InChI is InChI=1S/C16H12ClN3O/c17-12-8-11(6-7-14(12)21)16-19-13(9-15(18)20-16)10-4-2-1-3-5-10/h1-9,21H,(H2,18,19,20). The maximum Gasteiger partial charge on any atom is 0.162 e. The third-order valence-corrected chi connectivity index (χ3v) is 3.32. The van der Waals surface area contributed by atoms with Gasteiger partial charge in [-0.1, -0.05) is 41.9 Å². The summed E-state index contributed by atoms with van der Waals surface area (Å²) in [5.74, 6) is 0.867. The van der Waals surface area contributed by atoms with Gasteiger partial charge in [0.05, 0.1) is 10.7 Å². The van der Waals surface area contributed by atoms with Crippen molar-refractivity contribution in [2.24, 2.45) is 0 Å². The van der Waals surface area contributed by atoms with E-state index in [-0.39, 0.29) is 10.8 Å². The first-order chi connectivity index (χ1) is 10.1. The molecule has 1 aromatic heterocycles. The molecule has 3 N–H and O–H groups in total. The van der Waals surface area contributed by atoms with Crippen LogP contribution in [0.25, 0.3) is 22.6 Å². The van der Waals surface area contributed by atoms with Crippen molar-refractivity contribution < 1.29 is 5.11 Å². The highest BCUT2D eigenvalue weighted by Gasteiger charge is 2.09. The number of nitrogens with two attached hydrogens (primary N) is 1. The molecule has 0 spiro atoms. The molecule has 21 heavy (non-hydrogen) atoms. The lowest BCUT2D eigenvalue weighted by molar-refractivity contribution is 0.475. The molecule has 5 heteroatoms. The van der Waals surface area contributed by atoms with Gasteiger partial charge in [-0.25, -0.2) is 9.97 Å². The second-order valence-corrected chi connectivity index (χ2v) is 4.94. The fourth-order valence-corrected chi connectivity index (χ4v) is 2.18. The second-order valence-electron chi connectivity index (χ2n) is 4.53. The Kier molecular flexibility index (Phi) is 3.46. The molecule has 4 nitrogen and oxygen atoms in total. The van der Waals surface area contributed by atoms with Crippen LogP contribution in [0.4, 0.5) is 5.82 Å². The number of benzene rings is 2. The first kappa shape index (κ1) is 13.4. The topological polar surface area (TPSA) is 72.0 Å². The number of nitrogen functional groups attached to an aromatic ring is 1. The third kappa shape index (κ3) is 2.80. The van der Waals surface area contributed by atoms with Crippen molar-refractivity contribution >= 4 is 17.4 Å². The summed E-state index contributed by atoms with van der Waals surface area (Å²) in [5.41, 5.74) is 8.26. The van der Waals surface area contributed by atoms with Crippen LogP contribution >= 0.6 is 11.6 Å². The van der Waals surface area contributed by atoms with Gasteiger partial charge in [0.2, 0.25) is 0 Å². The number of nitrogens with zero attached hydrogens (tertiary/aromatic N) is 2. The van der Waals surface area contributed by atoms with Crippen molar-refractivity contribution in [1.82, 2.24) is 9.97 Å². The number of aromatic nitrogens is 2. The first-order valence-electron chi connectivity index (χ1n) is 6.32. The Bertz CT molecular complexity index is 791. The van der Waals surface area contributed by atoms with E-state index in [9.17, 15) is 5.11 Å². The van der Waals surface area contributed by atoms with Crippen molar-refractivity contribution in [3.63, 3.8) is 0 Å². The number of halogens is 1. The lowest BCUT2D eigenvalue weighted by atomic mass is 10.1. The molecule has 0 saturated carbocycles. The number of hydrogen-bond acceptors (Lipinski definition) is 4. The summed E-state index contributed by atoms with van der Waals surface area (Å²) in [7, 11) is 0. The first-order valence-corrected chi connectivity index (χ1v) is 6.70. The normalized spacial score (nSPS) is 10.5. The van der Waals surface area contributed by atoms with Crippen molar-refractivity contribution in [2.75, 3.05) is 5.73 Å². The summed E-state index contributed by atoms with van der Waals surface area (Å²) in [6.07, 6.45) is 0. The summed E-state index contributed by atoms with van der Waals surface area (Å²) in [5, 5.41) is 9.73. The summed E-state index contributed by atoms with van der Waals surface area (Å²) >= 11 is 5.92. The van der Waals surface area contributed by atoms with E-state index in [1.165, 1.54) is 6.07 Å². The SMILES string of the molecule is Nc1cc(-c2ccccc2)nc(-c2ccc(O)c(Cl)c2)n1. The van der Waals surface area contributed by atoms with E-state index in [1.54, 1.807) is 18.2 Å². The third-order valence-electron chi connectivity index (χ3n) is 3.02. The quantitative estimate of drug-likeness (QED) is 0.755. The predicted octanol–water partition coefficient (Wildman–Crippen LogP) is 3.75. The molecule has 0 unspecified atom stereocenters. The molecule has 0 bridgehead atoms. The van der Waals surface area contributed by atoms with E-state index >= 15 is 0 Å². The molecule has 0 aliphatic heterocycles. The van der Waals surface area contributed by atoms with Gasteiger partial charge < -0.3 is 10.8 Å². The summed E-state index contributed by atoms with van der Waals surface area (Å²) in [6, 6.07) is 16.3. The van der Waals surface area contributed by atoms with Gasteiger partial charge in [-0.15, -0.1) is 0 Å². The van der Waals surface area contributed by atoms with Crippen molar-refractivity contribution in [3.05, 3.63) is 59.6 Å². The predicted molar refractivity (Wildman–Crippen MR) is 84.0 cm³/mol. The monoisotopic (exact) mass is 297 g/mol. The van der Waals surface area contributed by atoms with Crippen LogP contribution in [0.5, 0.6) is 5.75 Å². The Hall–Kier alpha value is -2.59. The number of anilines is 1. The molecule has 0 amide bonds. The van der Waals surface area contributed by atoms with Crippen LogP contribution < -0.4 is 5.73 Å². The van der Waals surface area contributed by atoms with E-state index in [2.05, 4.69) is 9.97 Å². The highest BCUT2D eigenvalue weighted by molar-refractivity contribution is 6.32. The number of phenols is 1. The molecule has 2 aromatic carbocycles. The smallest absolute Gasteiger partial charge is 0.162 e. The van der Waals surface area contributed by atoms with Gasteiger partial charge in [0.25, 0.3) is 0 Å². The van der Waals surface area contributed by atoms with Crippen LogP contribution in [0, 0.1) is 0 Å². The molecule has 0 saturated heterocycles. The molecular formula is C16H12ClN3O. The molecule has 0 radical (unpaired) electrons. The molecule has 0 aliphatic rings. The van der Waals surface area contributed by atoms with Crippen LogP contribution in [0.2, 0.25) is 5.02 Å². The van der Waals surface area contributed by atoms with Gasteiger partial charge in [0.15, 0.2) is 5.82 Å². The molecule has 1 heterocycles. The molecular weight excluding hydrogens is 286 g/mol. The van der Waals surface area contributed by atoms with Gasteiger partial charge >= 0.3 is 0 Å². The van der Waals surface area contributed by atoms with Crippen LogP contribution in [-0.2, 0) is 0 Å². The van der Waals surface area contributed by atoms with Gasteiger partial charge in [0, 0.05) is 17.2 Å². The Morgan fingerprint density at radius 1 is 0.905 bits per heavy atom. The average Bonchev–Trinajstić information content (AvgIpc) is 2.50. The largest absolute Gasteiger partial charge is 0.506 e. The zero-order valence-corrected chi connectivity index (χ0v) is 11.7. The van der Waals surface area contributed by atoms with E-state index < -0.39 is 0 Å². The minimum atomic E-state index is 0.0209. The van der Waals surface area contributed by atoms with E-state index in [4.69, 9.17) is 17.3 Å². The van der Waals surface area contributed by atoms with E-state index in [0.717, 1.165) is 11.3 Å². The van der Waals surface area contributed by atoms with Gasteiger partial charge in [-0.05, 0) is 18.2 Å². The number of phenolic OH excluding ortho intramolecular Hbond substituents is 1. The van der Waals surface area contributed by atoms with Crippen molar-refractivity contribution in [3.8, 4) is 28.4 Å². The van der Waals surface area contributed by atoms with Gasteiger partial charge in [-0.3, -0.25) is 0 Å². The Labute approximate surface area is 126 Å². The molecule has 104 valence electrons. The number of hydrogen-bond donors (Lipinski definition) is 2. The summed E-state index contributed by atoms with van der Waals surface area (Å²) in [6.45, 7) is 0. The van der Waals surface area contributed by atoms with Crippen molar-refractivity contribution in [2.45, 2.75) is 0 Å². The maximum absolute atomic E-state index is 9.48. The molecule has 0 fully saturated rings. The fraction of sp³-hybridized carbons (Fsp3) is 0. The zero-order chi connectivity index (χ0) is 14.8. The average molecular weight is 298 g/mol. The zero-order valence-electron chi connectivity index (χ0n) is 11.0. The highest BCUT2D eigenvalue weighted by Crippen LogP contribution is 2.29. The van der Waals surface area contributed by atoms with Gasteiger partial charge in [-0.2, -0.15) is 0 Å². The van der Waals surface area contributed by atoms with Crippen molar-refractivity contribution in [1.29, 1.82) is 0 Å². The number of rotatable bonds is 2. The molecule has 3 aromatic rings. The fourth-order valence-electron chi connectivity index (χ4n) is 2.00. The number of aromatic hydroxyl groups is 1. The van der Waals surface area contributed by atoms with Crippen LogP contribution in [-0.4, -0.2) is 15.1 Å². The lowest BCUT2D eigenvalue weighted by Gasteiger charge is -2.07. The Balaban J connectivity index is 2.11.